The molecule has 0 unspecified atom stereocenters. The van der Waals surface area contributed by atoms with E-state index in [4.69, 9.17) is 5.11 Å². The highest BCUT2D eigenvalue weighted by atomic mass is 16.6. The quantitative estimate of drug-likeness (QED) is 0.638. The number of anilines is 1. The van der Waals surface area contributed by atoms with Gasteiger partial charge in [0.25, 0.3) is 5.69 Å². The smallest absolute Gasteiger partial charge is 0.339 e. The second-order valence-corrected chi connectivity index (χ2v) is 5.66. The standard InChI is InChI=1S/C14H19N3O4/c1-9-2-4-10(5-3-9)7-15-13-12(14(18)19)6-11(8-16-13)17(20)21/h6,8-10H,2-5,7H2,1H3,(H,15,16)(H,18,19). The van der Waals surface area contributed by atoms with E-state index in [1.54, 1.807) is 0 Å². The van der Waals surface area contributed by atoms with E-state index in [9.17, 15) is 14.9 Å². The van der Waals surface area contributed by atoms with Gasteiger partial charge in [-0.25, -0.2) is 9.78 Å². The van der Waals surface area contributed by atoms with Crippen LogP contribution >= 0.6 is 0 Å². The molecule has 2 rings (SSSR count). The highest BCUT2D eigenvalue weighted by Gasteiger charge is 2.21. The van der Waals surface area contributed by atoms with Crippen molar-refractivity contribution in [2.45, 2.75) is 32.6 Å². The lowest BCUT2D eigenvalue weighted by Gasteiger charge is -2.26. The van der Waals surface area contributed by atoms with Crippen LogP contribution in [0.1, 0.15) is 43.0 Å². The van der Waals surface area contributed by atoms with Crippen molar-refractivity contribution in [1.29, 1.82) is 0 Å². The van der Waals surface area contributed by atoms with E-state index in [2.05, 4.69) is 17.2 Å². The van der Waals surface area contributed by atoms with Gasteiger partial charge in [0, 0.05) is 12.6 Å². The molecule has 1 aromatic rings. The summed E-state index contributed by atoms with van der Waals surface area (Å²) >= 11 is 0. The Labute approximate surface area is 122 Å². The molecule has 1 aromatic heterocycles. The van der Waals surface area contributed by atoms with Gasteiger partial charge in [0.15, 0.2) is 0 Å². The first-order chi connectivity index (χ1) is 9.97. The van der Waals surface area contributed by atoms with Crippen LogP contribution < -0.4 is 5.32 Å². The SMILES string of the molecule is CC1CCC(CNc2ncc([N+](=O)[O-])cc2C(=O)O)CC1. The Morgan fingerprint density at radius 1 is 1.48 bits per heavy atom. The first-order valence-electron chi connectivity index (χ1n) is 7.09. The molecule has 1 saturated carbocycles. The van der Waals surface area contributed by atoms with Gasteiger partial charge in [0.05, 0.1) is 4.92 Å². The van der Waals surface area contributed by atoms with E-state index in [1.165, 1.54) is 12.8 Å². The average Bonchev–Trinajstić information content (AvgIpc) is 2.46. The molecule has 21 heavy (non-hydrogen) atoms. The summed E-state index contributed by atoms with van der Waals surface area (Å²) in [4.78, 5) is 25.1. The Morgan fingerprint density at radius 3 is 2.71 bits per heavy atom. The first kappa shape index (κ1) is 15.2. The van der Waals surface area contributed by atoms with Crippen LogP contribution in [0.5, 0.6) is 0 Å². The molecule has 0 saturated heterocycles. The summed E-state index contributed by atoms with van der Waals surface area (Å²) < 4.78 is 0. The predicted octanol–water partition coefficient (Wildman–Crippen LogP) is 2.93. The molecule has 2 N–H and O–H groups in total. The zero-order chi connectivity index (χ0) is 15.4. The number of carbonyl (C=O) groups is 1. The largest absolute Gasteiger partial charge is 0.478 e. The van der Waals surface area contributed by atoms with Gasteiger partial charge in [-0.15, -0.1) is 0 Å². The Morgan fingerprint density at radius 2 is 2.14 bits per heavy atom. The molecule has 0 bridgehead atoms. The van der Waals surface area contributed by atoms with Crippen molar-refractivity contribution >= 4 is 17.5 Å². The topological polar surface area (TPSA) is 105 Å². The Kier molecular flexibility index (Phi) is 4.72. The van der Waals surface area contributed by atoms with Crippen LogP contribution in [0.25, 0.3) is 0 Å². The maximum atomic E-state index is 11.2. The number of rotatable bonds is 5. The number of hydrogen-bond acceptors (Lipinski definition) is 5. The van der Waals surface area contributed by atoms with Crippen LogP contribution in [-0.2, 0) is 0 Å². The Hall–Kier alpha value is -2.18. The van der Waals surface area contributed by atoms with Crippen molar-refractivity contribution in [2.24, 2.45) is 11.8 Å². The second kappa shape index (κ2) is 6.51. The molecular formula is C14H19N3O4. The molecule has 1 fully saturated rings. The van der Waals surface area contributed by atoms with Crippen LogP contribution in [-0.4, -0.2) is 27.5 Å². The zero-order valence-corrected chi connectivity index (χ0v) is 11.9. The zero-order valence-electron chi connectivity index (χ0n) is 11.9. The van der Waals surface area contributed by atoms with Crippen molar-refractivity contribution in [3.8, 4) is 0 Å². The molecule has 1 aliphatic carbocycles. The molecule has 0 spiro atoms. The number of pyridine rings is 1. The fourth-order valence-corrected chi connectivity index (χ4v) is 2.63. The Balaban J connectivity index is 2.05. The highest BCUT2D eigenvalue weighted by Crippen LogP contribution is 2.28. The summed E-state index contributed by atoms with van der Waals surface area (Å²) in [7, 11) is 0. The molecule has 0 aromatic carbocycles. The number of hydrogen-bond donors (Lipinski definition) is 2. The third-order valence-electron chi connectivity index (χ3n) is 4.01. The van der Waals surface area contributed by atoms with Gasteiger partial charge in [0.2, 0.25) is 0 Å². The van der Waals surface area contributed by atoms with Gasteiger partial charge in [-0.1, -0.05) is 19.8 Å². The van der Waals surface area contributed by atoms with Crippen molar-refractivity contribution in [3.63, 3.8) is 0 Å². The van der Waals surface area contributed by atoms with E-state index >= 15 is 0 Å². The Bertz CT molecular complexity index is 539. The van der Waals surface area contributed by atoms with Crippen molar-refractivity contribution in [1.82, 2.24) is 4.98 Å². The highest BCUT2D eigenvalue weighted by molar-refractivity contribution is 5.93. The third-order valence-corrected chi connectivity index (χ3v) is 4.01. The molecule has 114 valence electrons. The lowest BCUT2D eigenvalue weighted by atomic mass is 9.83. The van der Waals surface area contributed by atoms with Crippen LogP contribution in [0.4, 0.5) is 11.5 Å². The number of nitrogens with zero attached hydrogens (tertiary/aromatic N) is 2. The van der Waals surface area contributed by atoms with Gasteiger partial charge >= 0.3 is 5.97 Å². The first-order valence-corrected chi connectivity index (χ1v) is 7.09. The minimum absolute atomic E-state index is 0.159. The van der Waals surface area contributed by atoms with Gasteiger partial charge in [-0.2, -0.15) is 0 Å². The number of aromatic carboxylic acids is 1. The van der Waals surface area contributed by atoms with E-state index in [0.29, 0.717) is 12.5 Å². The molecule has 7 heteroatoms. The lowest BCUT2D eigenvalue weighted by Crippen LogP contribution is -2.21. The van der Waals surface area contributed by atoms with Crippen molar-refractivity contribution in [3.05, 3.63) is 27.9 Å². The molecule has 7 nitrogen and oxygen atoms in total. The molecule has 0 radical (unpaired) electrons. The van der Waals surface area contributed by atoms with Crippen molar-refractivity contribution in [2.75, 3.05) is 11.9 Å². The number of carboxylic acid groups (broad SMARTS) is 1. The third kappa shape index (κ3) is 3.90. The second-order valence-electron chi connectivity index (χ2n) is 5.66. The summed E-state index contributed by atoms with van der Waals surface area (Å²) in [5, 5.41) is 22.8. The van der Waals surface area contributed by atoms with Gasteiger partial charge in [-0.3, -0.25) is 10.1 Å². The summed E-state index contributed by atoms with van der Waals surface area (Å²) in [5.74, 6) is 0.242. The van der Waals surface area contributed by atoms with Gasteiger partial charge in [-0.05, 0) is 24.7 Å². The molecular weight excluding hydrogens is 274 g/mol. The lowest BCUT2D eigenvalue weighted by molar-refractivity contribution is -0.385. The van der Waals surface area contributed by atoms with E-state index in [0.717, 1.165) is 31.0 Å². The maximum Gasteiger partial charge on any atom is 0.339 e. The van der Waals surface area contributed by atoms with Gasteiger partial charge in [0.1, 0.15) is 17.6 Å². The van der Waals surface area contributed by atoms with Crippen LogP contribution in [0.15, 0.2) is 12.3 Å². The predicted molar refractivity (Wildman–Crippen MR) is 77.5 cm³/mol. The summed E-state index contributed by atoms with van der Waals surface area (Å²) in [6.45, 7) is 2.89. The number of carboxylic acids is 1. The fourth-order valence-electron chi connectivity index (χ4n) is 2.63. The monoisotopic (exact) mass is 293 g/mol. The van der Waals surface area contributed by atoms with Crippen LogP contribution in [0.2, 0.25) is 0 Å². The normalized spacial score (nSPS) is 21.8. The average molecular weight is 293 g/mol. The number of nitrogens with one attached hydrogen (secondary N) is 1. The maximum absolute atomic E-state index is 11.2. The van der Waals surface area contributed by atoms with E-state index in [1.807, 2.05) is 0 Å². The van der Waals surface area contributed by atoms with Crippen molar-refractivity contribution < 1.29 is 14.8 Å². The molecule has 0 aliphatic heterocycles. The fraction of sp³-hybridized carbons (Fsp3) is 0.571. The molecule has 0 atom stereocenters. The summed E-state index contributed by atoms with van der Waals surface area (Å²) in [6, 6.07) is 1.04. The summed E-state index contributed by atoms with van der Waals surface area (Å²) in [5.41, 5.74) is -0.474. The van der Waals surface area contributed by atoms with Gasteiger partial charge < -0.3 is 10.4 Å². The summed E-state index contributed by atoms with van der Waals surface area (Å²) in [6.07, 6.45) is 5.68. The molecule has 1 heterocycles. The van der Waals surface area contributed by atoms with Crippen LogP contribution in [0, 0.1) is 22.0 Å². The molecule has 1 aliphatic rings. The molecule has 0 amide bonds. The minimum Gasteiger partial charge on any atom is -0.478 e. The van der Waals surface area contributed by atoms with Crippen LogP contribution in [0.3, 0.4) is 0 Å². The van der Waals surface area contributed by atoms with E-state index in [-0.39, 0.29) is 17.1 Å². The number of nitro groups is 1. The number of aromatic nitrogens is 1. The minimum atomic E-state index is -1.22. The van der Waals surface area contributed by atoms with E-state index < -0.39 is 10.9 Å².